The number of aliphatic hydroxyl groups is 1. The van der Waals surface area contributed by atoms with Crippen molar-refractivity contribution in [1.82, 2.24) is 0 Å². The lowest BCUT2D eigenvalue weighted by Gasteiger charge is -2.06. The molecule has 88 valence electrons. The highest BCUT2D eigenvalue weighted by molar-refractivity contribution is 5.99. The van der Waals surface area contributed by atoms with Crippen molar-refractivity contribution in [3.8, 4) is 0 Å². The van der Waals surface area contributed by atoms with E-state index in [2.05, 4.69) is 0 Å². The van der Waals surface area contributed by atoms with Crippen molar-refractivity contribution >= 4 is 24.2 Å². The molecule has 1 aromatic rings. The Kier molecular flexibility index (Phi) is 5.49. The molecular weight excluding hydrogens is 232 g/mol. The second-order valence-electron chi connectivity index (χ2n) is 3.07. The summed E-state index contributed by atoms with van der Waals surface area (Å²) in [5, 5.41) is 8.76. The standard InChI is InChI=1S/C10H12N2O3.ClH/c11-9(14)7-2-1-6(3-4-13)8(5-7)10(12)15;/h1-2,5,13H,3-4H2,(H2,11,14)(H2,12,15);1H. The van der Waals surface area contributed by atoms with E-state index in [4.69, 9.17) is 16.6 Å². The Morgan fingerprint density at radius 2 is 1.81 bits per heavy atom. The van der Waals surface area contributed by atoms with E-state index in [-0.39, 0.29) is 30.1 Å². The van der Waals surface area contributed by atoms with Crippen molar-refractivity contribution in [2.75, 3.05) is 6.61 Å². The monoisotopic (exact) mass is 244 g/mol. The molecule has 0 heterocycles. The normalized spacial score (nSPS) is 9.31. The fourth-order valence-corrected chi connectivity index (χ4v) is 1.30. The van der Waals surface area contributed by atoms with Gasteiger partial charge < -0.3 is 16.6 Å². The molecule has 0 aliphatic rings. The highest BCUT2D eigenvalue weighted by Gasteiger charge is 2.10. The van der Waals surface area contributed by atoms with Crippen LogP contribution in [-0.4, -0.2) is 23.5 Å². The smallest absolute Gasteiger partial charge is 0.249 e. The third kappa shape index (κ3) is 3.22. The molecular formula is C10H13ClN2O3. The number of carbonyl (C=O) groups is 2. The molecule has 0 fully saturated rings. The molecule has 16 heavy (non-hydrogen) atoms. The van der Waals surface area contributed by atoms with Gasteiger partial charge >= 0.3 is 0 Å². The number of carbonyl (C=O) groups excluding carboxylic acids is 2. The van der Waals surface area contributed by atoms with Crippen LogP contribution in [0.4, 0.5) is 0 Å². The summed E-state index contributed by atoms with van der Waals surface area (Å²) in [6, 6.07) is 4.41. The van der Waals surface area contributed by atoms with E-state index in [1.807, 2.05) is 0 Å². The third-order valence-electron chi connectivity index (χ3n) is 2.04. The van der Waals surface area contributed by atoms with Gasteiger partial charge in [-0.3, -0.25) is 9.59 Å². The molecule has 0 aromatic heterocycles. The largest absolute Gasteiger partial charge is 0.396 e. The molecule has 5 N–H and O–H groups in total. The molecule has 0 spiro atoms. The second-order valence-corrected chi connectivity index (χ2v) is 3.07. The number of benzene rings is 1. The van der Waals surface area contributed by atoms with Gasteiger partial charge in [-0.05, 0) is 24.1 Å². The maximum Gasteiger partial charge on any atom is 0.249 e. The summed E-state index contributed by atoms with van der Waals surface area (Å²) in [6.07, 6.45) is 0.317. The van der Waals surface area contributed by atoms with Gasteiger partial charge in [0.25, 0.3) is 0 Å². The number of hydrogen-bond acceptors (Lipinski definition) is 3. The molecule has 1 rings (SSSR count). The number of nitrogens with two attached hydrogens (primary N) is 2. The van der Waals surface area contributed by atoms with Crippen LogP contribution in [0, 0.1) is 0 Å². The average Bonchev–Trinajstić information content (AvgIpc) is 2.18. The van der Waals surface area contributed by atoms with E-state index in [1.54, 1.807) is 6.07 Å². The van der Waals surface area contributed by atoms with Crippen LogP contribution >= 0.6 is 12.4 Å². The van der Waals surface area contributed by atoms with Crippen LogP contribution in [-0.2, 0) is 6.42 Å². The van der Waals surface area contributed by atoms with Gasteiger partial charge in [0, 0.05) is 17.7 Å². The molecule has 0 aliphatic heterocycles. The van der Waals surface area contributed by atoms with E-state index < -0.39 is 11.8 Å². The van der Waals surface area contributed by atoms with Gasteiger partial charge in [-0.1, -0.05) is 6.07 Å². The molecule has 0 radical (unpaired) electrons. The van der Waals surface area contributed by atoms with Crippen LogP contribution in [0.2, 0.25) is 0 Å². The summed E-state index contributed by atoms with van der Waals surface area (Å²) in [5.41, 5.74) is 11.3. The zero-order valence-corrected chi connectivity index (χ0v) is 9.29. The summed E-state index contributed by atoms with van der Waals surface area (Å²) < 4.78 is 0. The summed E-state index contributed by atoms with van der Waals surface area (Å²) in [4.78, 5) is 21.9. The van der Waals surface area contributed by atoms with Crippen LogP contribution in [0.25, 0.3) is 0 Å². The summed E-state index contributed by atoms with van der Waals surface area (Å²) >= 11 is 0. The Morgan fingerprint density at radius 1 is 1.19 bits per heavy atom. The predicted octanol–water partition coefficient (Wildman–Crippen LogP) is -0.159. The lowest BCUT2D eigenvalue weighted by molar-refractivity contribution is 0.0998. The highest BCUT2D eigenvalue weighted by atomic mass is 35.5. The molecule has 1 aromatic carbocycles. The van der Waals surface area contributed by atoms with Crippen molar-refractivity contribution in [3.63, 3.8) is 0 Å². The Morgan fingerprint density at radius 3 is 2.25 bits per heavy atom. The van der Waals surface area contributed by atoms with E-state index in [1.165, 1.54) is 12.1 Å². The molecule has 2 amide bonds. The first-order valence-electron chi connectivity index (χ1n) is 4.39. The van der Waals surface area contributed by atoms with Gasteiger partial charge in [-0.15, -0.1) is 12.4 Å². The topological polar surface area (TPSA) is 106 Å². The Bertz CT molecular complexity index is 407. The molecule has 0 atom stereocenters. The van der Waals surface area contributed by atoms with Crippen LogP contribution in [0.1, 0.15) is 26.3 Å². The SMILES string of the molecule is Cl.NC(=O)c1ccc(CCO)c(C(N)=O)c1. The summed E-state index contributed by atoms with van der Waals surface area (Å²) in [5.74, 6) is -1.26. The van der Waals surface area contributed by atoms with Crippen LogP contribution < -0.4 is 11.5 Å². The number of hydrogen-bond donors (Lipinski definition) is 3. The third-order valence-corrected chi connectivity index (χ3v) is 2.04. The van der Waals surface area contributed by atoms with Crippen LogP contribution in [0.3, 0.4) is 0 Å². The number of aliphatic hydroxyl groups excluding tert-OH is 1. The van der Waals surface area contributed by atoms with Crippen LogP contribution in [0.15, 0.2) is 18.2 Å². The van der Waals surface area contributed by atoms with E-state index >= 15 is 0 Å². The van der Waals surface area contributed by atoms with E-state index in [9.17, 15) is 9.59 Å². The Labute approximate surface area is 98.8 Å². The molecule has 0 bridgehead atoms. The van der Waals surface area contributed by atoms with Crippen molar-refractivity contribution in [2.24, 2.45) is 11.5 Å². The van der Waals surface area contributed by atoms with Crippen molar-refractivity contribution in [2.45, 2.75) is 6.42 Å². The van der Waals surface area contributed by atoms with Gasteiger partial charge in [0.2, 0.25) is 11.8 Å². The number of primary amides is 2. The zero-order chi connectivity index (χ0) is 11.4. The minimum absolute atomic E-state index is 0. The molecule has 0 unspecified atom stereocenters. The first-order valence-corrected chi connectivity index (χ1v) is 4.39. The average molecular weight is 245 g/mol. The fraction of sp³-hybridized carbons (Fsp3) is 0.200. The highest BCUT2D eigenvalue weighted by Crippen LogP contribution is 2.12. The van der Waals surface area contributed by atoms with Crippen LogP contribution in [0.5, 0.6) is 0 Å². The number of rotatable bonds is 4. The zero-order valence-electron chi connectivity index (χ0n) is 8.47. The molecule has 0 aliphatic carbocycles. The number of halogens is 1. The Hall–Kier alpha value is -1.59. The Balaban J connectivity index is 0.00000225. The molecule has 0 saturated heterocycles. The first-order chi connectivity index (χ1) is 7.06. The van der Waals surface area contributed by atoms with E-state index in [0.29, 0.717) is 12.0 Å². The minimum Gasteiger partial charge on any atom is -0.396 e. The predicted molar refractivity (Wildman–Crippen MR) is 61.5 cm³/mol. The lowest BCUT2D eigenvalue weighted by Crippen LogP contribution is -2.17. The lowest BCUT2D eigenvalue weighted by atomic mass is 10.0. The molecule has 6 heteroatoms. The maximum atomic E-state index is 11.1. The summed E-state index contributed by atoms with van der Waals surface area (Å²) in [7, 11) is 0. The van der Waals surface area contributed by atoms with Gasteiger partial charge in [-0.25, -0.2) is 0 Å². The van der Waals surface area contributed by atoms with Crippen molar-refractivity contribution < 1.29 is 14.7 Å². The fourth-order valence-electron chi connectivity index (χ4n) is 1.30. The van der Waals surface area contributed by atoms with Crippen molar-refractivity contribution in [1.29, 1.82) is 0 Å². The minimum atomic E-state index is -0.637. The van der Waals surface area contributed by atoms with Gasteiger partial charge in [0.05, 0.1) is 0 Å². The maximum absolute atomic E-state index is 11.1. The van der Waals surface area contributed by atoms with Gasteiger partial charge in [-0.2, -0.15) is 0 Å². The number of amides is 2. The van der Waals surface area contributed by atoms with Crippen molar-refractivity contribution in [3.05, 3.63) is 34.9 Å². The quantitative estimate of drug-likeness (QED) is 0.685. The van der Waals surface area contributed by atoms with E-state index in [0.717, 1.165) is 0 Å². The van der Waals surface area contributed by atoms with Gasteiger partial charge in [0.1, 0.15) is 0 Å². The van der Waals surface area contributed by atoms with Gasteiger partial charge in [0.15, 0.2) is 0 Å². The molecule has 0 saturated carbocycles. The summed E-state index contributed by atoms with van der Waals surface area (Å²) in [6.45, 7) is -0.0871. The first kappa shape index (κ1) is 14.4. The molecule has 5 nitrogen and oxygen atoms in total. The second kappa shape index (κ2) is 6.09.